The monoisotopic (exact) mass is 308 g/mol. The number of aryl methyl sites for hydroxylation is 1. The zero-order valence-electron chi connectivity index (χ0n) is 10.9. The van der Waals surface area contributed by atoms with Crippen LogP contribution in [-0.4, -0.2) is 21.3 Å². The van der Waals surface area contributed by atoms with Crippen LogP contribution in [-0.2, 0) is 13.5 Å². The Hall–Kier alpha value is -1.13. The van der Waals surface area contributed by atoms with E-state index in [2.05, 4.69) is 46.9 Å². The molecule has 2 rings (SSSR count). The maximum Gasteiger partial charge on any atom is 0.111 e. The van der Waals surface area contributed by atoms with Gasteiger partial charge in [0.25, 0.3) is 0 Å². The minimum absolute atomic E-state index is 0.126. The number of hydrogen-bond acceptors (Lipinski definition) is 2. The molecule has 0 saturated heterocycles. The molecule has 0 aliphatic heterocycles. The average molecular weight is 309 g/mol. The third-order valence-electron chi connectivity index (χ3n) is 3.26. The van der Waals surface area contributed by atoms with Gasteiger partial charge >= 0.3 is 0 Å². The van der Waals surface area contributed by atoms with E-state index in [4.69, 9.17) is 5.11 Å². The molecule has 18 heavy (non-hydrogen) atoms. The maximum absolute atomic E-state index is 9.05. The van der Waals surface area contributed by atoms with Crippen molar-refractivity contribution in [3.8, 4) is 11.3 Å². The molecule has 3 nitrogen and oxygen atoms in total. The molecule has 0 aliphatic rings. The van der Waals surface area contributed by atoms with Gasteiger partial charge in [0.2, 0.25) is 0 Å². The molecular weight excluding hydrogens is 292 g/mol. The quantitative estimate of drug-likeness (QED) is 0.946. The van der Waals surface area contributed by atoms with Crippen LogP contribution in [0.1, 0.15) is 17.1 Å². The highest BCUT2D eigenvalue weighted by molar-refractivity contribution is 9.10. The van der Waals surface area contributed by atoms with Gasteiger partial charge in [-0.1, -0.05) is 22.0 Å². The van der Waals surface area contributed by atoms with Crippen molar-refractivity contribution in [1.29, 1.82) is 0 Å². The number of aliphatic hydroxyl groups is 1. The van der Waals surface area contributed by atoms with Gasteiger partial charge in [0, 0.05) is 29.2 Å². The fraction of sp³-hybridized carbons (Fsp3) is 0.357. The molecule has 1 aromatic heterocycles. The predicted octanol–water partition coefficient (Wildman–Crippen LogP) is 3.00. The first kappa shape index (κ1) is 13.3. The molecular formula is C14H17BrN2O. The molecule has 1 N–H and O–H groups in total. The number of aliphatic hydroxyl groups excluding tert-OH is 1. The molecule has 0 spiro atoms. The van der Waals surface area contributed by atoms with Gasteiger partial charge in [0.1, 0.15) is 5.82 Å². The van der Waals surface area contributed by atoms with Gasteiger partial charge in [-0.2, -0.15) is 0 Å². The Bertz CT molecular complexity index is 575. The van der Waals surface area contributed by atoms with Crippen LogP contribution < -0.4 is 0 Å². The number of imidazole rings is 1. The summed E-state index contributed by atoms with van der Waals surface area (Å²) in [6.07, 6.45) is 0.588. The minimum atomic E-state index is 0.126. The van der Waals surface area contributed by atoms with E-state index in [0.29, 0.717) is 6.42 Å². The van der Waals surface area contributed by atoms with Gasteiger partial charge < -0.3 is 9.67 Å². The van der Waals surface area contributed by atoms with E-state index in [1.54, 1.807) is 0 Å². The van der Waals surface area contributed by atoms with Crippen molar-refractivity contribution in [3.63, 3.8) is 0 Å². The zero-order chi connectivity index (χ0) is 13.3. The number of aromatic nitrogens is 2. The van der Waals surface area contributed by atoms with Crippen molar-refractivity contribution in [2.24, 2.45) is 7.05 Å². The standard InChI is InChI=1S/C14H17BrN2O/c1-9-4-5-11(15)8-12(9)14-10(2)17(3)13(16-14)6-7-18/h4-5,8,18H,6-7H2,1-3H3. The Morgan fingerprint density at radius 1 is 1.33 bits per heavy atom. The zero-order valence-corrected chi connectivity index (χ0v) is 12.5. The summed E-state index contributed by atoms with van der Waals surface area (Å²) in [5, 5.41) is 9.05. The maximum atomic E-state index is 9.05. The molecule has 0 saturated carbocycles. The van der Waals surface area contributed by atoms with Crippen molar-refractivity contribution in [2.75, 3.05) is 6.61 Å². The van der Waals surface area contributed by atoms with Crippen LogP contribution in [0, 0.1) is 13.8 Å². The van der Waals surface area contributed by atoms with E-state index in [1.807, 2.05) is 17.7 Å². The molecule has 0 fully saturated rings. The van der Waals surface area contributed by atoms with E-state index in [1.165, 1.54) is 5.56 Å². The Labute approximate surface area is 116 Å². The van der Waals surface area contributed by atoms with Crippen LogP contribution in [0.4, 0.5) is 0 Å². The van der Waals surface area contributed by atoms with Crippen molar-refractivity contribution >= 4 is 15.9 Å². The van der Waals surface area contributed by atoms with Crippen molar-refractivity contribution in [2.45, 2.75) is 20.3 Å². The fourth-order valence-electron chi connectivity index (χ4n) is 2.07. The molecule has 96 valence electrons. The summed E-state index contributed by atoms with van der Waals surface area (Å²) >= 11 is 3.50. The molecule has 0 unspecified atom stereocenters. The second kappa shape index (κ2) is 5.24. The van der Waals surface area contributed by atoms with Gasteiger partial charge in [-0.05, 0) is 31.5 Å². The SMILES string of the molecule is Cc1ccc(Br)cc1-c1nc(CCO)n(C)c1C. The Kier molecular flexibility index (Phi) is 3.88. The summed E-state index contributed by atoms with van der Waals surface area (Å²) in [6, 6.07) is 6.21. The average Bonchev–Trinajstić information content (AvgIpc) is 2.61. The number of nitrogens with zero attached hydrogens (tertiary/aromatic N) is 2. The Morgan fingerprint density at radius 2 is 2.06 bits per heavy atom. The minimum Gasteiger partial charge on any atom is -0.396 e. The molecule has 2 aromatic rings. The Morgan fingerprint density at radius 3 is 2.72 bits per heavy atom. The number of halogens is 1. The van der Waals surface area contributed by atoms with Gasteiger partial charge in [0.05, 0.1) is 12.3 Å². The summed E-state index contributed by atoms with van der Waals surface area (Å²) < 4.78 is 3.10. The fourth-order valence-corrected chi connectivity index (χ4v) is 2.43. The molecule has 0 amide bonds. The highest BCUT2D eigenvalue weighted by Crippen LogP contribution is 2.29. The first-order valence-corrected chi connectivity index (χ1v) is 6.73. The second-order valence-corrected chi connectivity index (χ2v) is 5.37. The molecule has 0 atom stereocenters. The summed E-state index contributed by atoms with van der Waals surface area (Å²) in [7, 11) is 1.99. The smallest absolute Gasteiger partial charge is 0.111 e. The highest BCUT2D eigenvalue weighted by Gasteiger charge is 2.14. The number of rotatable bonds is 3. The molecule has 1 heterocycles. The molecule has 0 bridgehead atoms. The molecule has 1 aromatic carbocycles. The normalized spacial score (nSPS) is 10.9. The van der Waals surface area contributed by atoms with Gasteiger partial charge in [-0.3, -0.25) is 0 Å². The first-order valence-electron chi connectivity index (χ1n) is 5.94. The molecule has 0 aliphatic carbocycles. The third kappa shape index (κ3) is 2.35. The van der Waals surface area contributed by atoms with E-state index in [-0.39, 0.29) is 6.61 Å². The molecule has 0 radical (unpaired) electrons. The van der Waals surface area contributed by atoms with E-state index < -0.39 is 0 Å². The Balaban J connectivity index is 2.57. The van der Waals surface area contributed by atoms with Crippen molar-refractivity contribution in [3.05, 3.63) is 39.8 Å². The number of benzene rings is 1. The van der Waals surface area contributed by atoms with Crippen LogP contribution >= 0.6 is 15.9 Å². The lowest BCUT2D eigenvalue weighted by molar-refractivity contribution is 0.295. The first-order chi connectivity index (χ1) is 8.54. The second-order valence-electron chi connectivity index (χ2n) is 4.45. The third-order valence-corrected chi connectivity index (χ3v) is 3.76. The van der Waals surface area contributed by atoms with Crippen molar-refractivity contribution in [1.82, 2.24) is 9.55 Å². The molecule has 4 heteroatoms. The topological polar surface area (TPSA) is 38.1 Å². The summed E-state index contributed by atoms with van der Waals surface area (Å²) in [4.78, 5) is 4.65. The van der Waals surface area contributed by atoms with Crippen LogP contribution in [0.15, 0.2) is 22.7 Å². The van der Waals surface area contributed by atoms with Gasteiger partial charge in [0.15, 0.2) is 0 Å². The van der Waals surface area contributed by atoms with Crippen LogP contribution in [0.3, 0.4) is 0 Å². The largest absolute Gasteiger partial charge is 0.396 e. The van der Waals surface area contributed by atoms with Gasteiger partial charge in [-0.25, -0.2) is 4.98 Å². The summed E-state index contributed by atoms with van der Waals surface area (Å²) in [5.41, 5.74) is 4.47. The predicted molar refractivity (Wildman–Crippen MR) is 76.6 cm³/mol. The van der Waals surface area contributed by atoms with E-state index in [9.17, 15) is 0 Å². The van der Waals surface area contributed by atoms with E-state index in [0.717, 1.165) is 27.2 Å². The summed E-state index contributed by atoms with van der Waals surface area (Å²) in [5.74, 6) is 0.921. The lowest BCUT2D eigenvalue weighted by Crippen LogP contribution is -2.01. The van der Waals surface area contributed by atoms with Crippen LogP contribution in [0.5, 0.6) is 0 Å². The van der Waals surface area contributed by atoms with E-state index >= 15 is 0 Å². The summed E-state index contributed by atoms with van der Waals surface area (Å²) in [6.45, 7) is 4.27. The lowest BCUT2D eigenvalue weighted by atomic mass is 10.0. The van der Waals surface area contributed by atoms with Crippen LogP contribution in [0.2, 0.25) is 0 Å². The lowest BCUT2D eigenvalue weighted by Gasteiger charge is -2.05. The number of hydrogen-bond donors (Lipinski definition) is 1. The van der Waals surface area contributed by atoms with Gasteiger partial charge in [-0.15, -0.1) is 0 Å². The van der Waals surface area contributed by atoms with Crippen LogP contribution in [0.25, 0.3) is 11.3 Å². The highest BCUT2D eigenvalue weighted by atomic mass is 79.9. The van der Waals surface area contributed by atoms with Crippen molar-refractivity contribution < 1.29 is 5.11 Å².